The highest BCUT2D eigenvalue weighted by Gasteiger charge is 2.13. The van der Waals surface area contributed by atoms with E-state index in [0.29, 0.717) is 5.65 Å². The predicted molar refractivity (Wildman–Crippen MR) is 80.3 cm³/mol. The van der Waals surface area contributed by atoms with Crippen molar-refractivity contribution in [1.29, 1.82) is 0 Å². The Balaban J connectivity index is 2.09. The van der Waals surface area contributed by atoms with Crippen LogP contribution < -0.4 is 0 Å². The summed E-state index contributed by atoms with van der Waals surface area (Å²) in [5, 5.41) is 0. The van der Waals surface area contributed by atoms with Gasteiger partial charge in [-0.1, -0.05) is 36.4 Å². The van der Waals surface area contributed by atoms with Crippen molar-refractivity contribution in [3.05, 3.63) is 60.2 Å². The van der Waals surface area contributed by atoms with E-state index < -0.39 is 0 Å². The van der Waals surface area contributed by atoms with Crippen molar-refractivity contribution < 1.29 is 0 Å². The monoisotopic (exact) mass is 264 g/mol. The Kier molecular flexibility index (Phi) is 3.29. The molecule has 0 unspecified atom stereocenters. The van der Waals surface area contributed by atoms with E-state index in [1.54, 1.807) is 6.20 Å². The van der Waals surface area contributed by atoms with Crippen molar-refractivity contribution in [2.75, 3.05) is 0 Å². The van der Waals surface area contributed by atoms with Gasteiger partial charge in [0, 0.05) is 0 Å². The molecule has 3 rings (SSSR count). The average Bonchev–Trinajstić information content (AvgIpc) is 2.91. The SMILES string of the molecule is C/C=C/c1cnc2ncn([C@@H](C)c3ccccc3)c2n1. The zero-order valence-corrected chi connectivity index (χ0v) is 11.6. The first kappa shape index (κ1) is 12.5. The van der Waals surface area contributed by atoms with Crippen molar-refractivity contribution in [1.82, 2.24) is 19.5 Å². The summed E-state index contributed by atoms with van der Waals surface area (Å²) in [6.45, 7) is 4.11. The van der Waals surface area contributed by atoms with Crippen molar-refractivity contribution in [3.63, 3.8) is 0 Å². The number of hydrogen-bond acceptors (Lipinski definition) is 3. The largest absolute Gasteiger partial charge is 0.307 e. The third-order valence-electron chi connectivity index (χ3n) is 3.34. The number of allylic oxidation sites excluding steroid dienone is 1. The van der Waals surface area contributed by atoms with Crippen LogP contribution in [0.25, 0.3) is 17.4 Å². The molecule has 2 heterocycles. The molecule has 1 atom stereocenters. The number of aromatic nitrogens is 4. The predicted octanol–water partition coefficient (Wildman–Crippen LogP) is 3.47. The summed E-state index contributed by atoms with van der Waals surface area (Å²) >= 11 is 0. The Morgan fingerprint density at radius 1 is 1.15 bits per heavy atom. The molecular weight excluding hydrogens is 248 g/mol. The van der Waals surface area contributed by atoms with Gasteiger partial charge in [0.25, 0.3) is 0 Å². The second-order valence-electron chi connectivity index (χ2n) is 4.68. The van der Waals surface area contributed by atoms with Gasteiger partial charge in [-0.05, 0) is 25.5 Å². The van der Waals surface area contributed by atoms with E-state index in [1.807, 2.05) is 43.6 Å². The highest BCUT2D eigenvalue weighted by Crippen LogP contribution is 2.21. The van der Waals surface area contributed by atoms with Gasteiger partial charge in [-0.3, -0.25) is 0 Å². The standard InChI is InChI=1S/C16H16N4/c1-3-7-14-10-17-15-16(19-14)20(11-18-15)12(2)13-8-5-4-6-9-13/h3-12H,1-2H3/b7-3+/t12-/m0/s1. The van der Waals surface area contributed by atoms with Gasteiger partial charge in [-0.25, -0.2) is 15.0 Å². The van der Waals surface area contributed by atoms with Gasteiger partial charge >= 0.3 is 0 Å². The minimum atomic E-state index is 0.177. The van der Waals surface area contributed by atoms with E-state index in [1.165, 1.54) is 5.56 Å². The fourth-order valence-corrected chi connectivity index (χ4v) is 2.25. The second kappa shape index (κ2) is 5.25. The Morgan fingerprint density at radius 2 is 1.95 bits per heavy atom. The Hall–Kier alpha value is -2.49. The van der Waals surface area contributed by atoms with Gasteiger partial charge < -0.3 is 4.57 Å². The lowest BCUT2D eigenvalue weighted by atomic mass is 10.1. The van der Waals surface area contributed by atoms with Gasteiger partial charge in [0.15, 0.2) is 11.3 Å². The van der Waals surface area contributed by atoms with E-state index in [-0.39, 0.29) is 6.04 Å². The lowest BCUT2D eigenvalue weighted by molar-refractivity contribution is 0.652. The fraction of sp³-hybridized carbons (Fsp3) is 0.188. The minimum absolute atomic E-state index is 0.177. The Labute approximate surface area is 117 Å². The van der Waals surface area contributed by atoms with Crippen molar-refractivity contribution in [2.45, 2.75) is 19.9 Å². The molecule has 2 aromatic heterocycles. The van der Waals surface area contributed by atoms with E-state index in [9.17, 15) is 0 Å². The van der Waals surface area contributed by atoms with E-state index in [2.05, 4.69) is 38.6 Å². The van der Waals surface area contributed by atoms with E-state index >= 15 is 0 Å². The summed E-state index contributed by atoms with van der Waals surface area (Å²) in [6.07, 6.45) is 7.45. The summed E-state index contributed by atoms with van der Waals surface area (Å²) in [4.78, 5) is 13.3. The van der Waals surface area contributed by atoms with Crippen LogP contribution in [0.15, 0.2) is 48.9 Å². The summed E-state index contributed by atoms with van der Waals surface area (Å²) < 4.78 is 2.06. The lowest BCUT2D eigenvalue weighted by Crippen LogP contribution is -2.06. The molecule has 0 radical (unpaired) electrons. The quantitative estimate of drug-likeness (QED) is 0.727. The minimum Gasteiger partial charge on any atom is -0.307 e. The van der Waals surface area contributed by atoms with Gasteiger partial charge in [0.1, 0.15) is 0 Å². The first-order chi connectivity index (χ1) is 9.79. The summed E-state index contributed by atoms with van der Waals surface area (Å²) in [7, 11) is 0. The van der Waals surface area contributed by atoms with Gasteiger partial charge in [0.2, 0.25) is 0 Å². The van der Waals surface area contributed by atoms with Crippen LogP contribution in [-0.2, 0) is 0 Å². The first-order valence-electron chi connectivity index (χ1n) is 6.67. The number of fused-ring (bicyclic) bond motifs is 1. The summed E-state index contributed by atoms with van der Waals surface area (Å²) in [6, 6.07) is 10.5. The second-order valence-corrected chi connectivity index (χ2v) is 4.68. The molecule has 0 bridgehead atoms. The molecule has 3 aromatic rings. The summed E-state index contributed by atoms with van der Waals surface area (Å²) in [5.74, 6) is 0. The molecule has 0 saturated heterocycles. The van der Waals surface area contributed by atoms with Crippen LogP contribution >= 0.6 is 0 Å². The molecule has 0 N–H and O–H groups in total. The van der Waals surface area contributed by atoms with Crippen LogP contribution in [0.3, 0.4) is 0 Å². The molecule has 0 saturated carbocycles. The summed E-state index contributed by atoms with van der Waals surface area (Å²) in [5.41, 5.74) is 3.57. The van der Waals surface area contributed by atoms with E-state index in [0.717, 1.165) is 11.3 Å². The molecule has 0 aliphatic heterocycles. The third kappa shape index (κ3) is 2.20. The molecular formula is C16H16N4. The van der Waals surface area contributed by atoms with Gasteiger partial charge in [-0.15, -0.1) is 0 Å². The van der Waals surface area contributed by atoms with Crippen molar-refractivity contribution in [2.24, 2.45) is 0 Å². The number of imidazole rings is 1. The van der Waals surface area contributed by atoms with Crippen molar-refractivity contribution in [3.8, 4) is 0 Å². The molecule has 4 heteroatoms. The maximum absolute atomic E-state index is 4.62. The molecule has 4 nitrogen and oxygen atoms in total. The zero-order valence-electron chi connectivity index (χ0n) is 11.6. The zero-order chi connectivity index (χ0) is 13.9. The molecule has 0 fully saturated rings. The maximum Gasteiger partial charge on any atom is 0.197 e. The van der Waals surface area contributed by atoms with Crippen LogP contribution in [-0.4, -0.2) is 19.5 Å². The van der Waals surface area contributed by atoms with Gasteiger partial charge in [0.05, 0.1) is 24.3 Å². The molecule has 0 aliphatic carbocycles. The third-order valence-corrected chi connectivity index (χ3v) is 3.34. The molecule has 20 heavy (non-hydrogen) atoms. The van der Waals surface area contributed by atoms with Crippen LogP contribution in [0.1, 0.15) is 31.1 Å². The van der Waals surface area contributed by atoms with Crippen LogP contribution in [0.4, 0.5) is 0 Å². The number of rotatable bonds is 3. The highest BCUT2D eigenvalue weighted by molar-refractivity contribution is 5.67. The molecule has 1 aromatic carbocycles. The molecule has 100 valence electrons. The topological polar surface area (TPSA) is 43.6 Å². The maximum atomic E-state index is 4.62. The molecule has 0 spiro atoms. The van der Waals surface area contributed by atoms with Crippen molar-refractivity contribution >= 4 is 17.4 Å². The first-order valence-corrected chi connectivity index (χ1v) is 6.67. The number of nitrogens with zero attached hydrogens (tertiary/aromatic N) is 4. The van der Waals surface area contributed by atoms with Crippen LogP contribution in [0.5, 0.6) is 0 Å². The number of benzene rings is 1. The fourth-order valence-electron chi connectivity index (χ4n) is 2.25. The average molecular weight is 264 g/mol. The smallest absolute Gasteiger partial charge is 0.197 e. The Bertz CT molecular complexity index is 744. The lowest BCUT2D eigenvalue weighted by Gasteiger charge is -2.14. The number of hydrogen-bond donors (Lipinski definition) is 0. The normalized spacial score (nSPS) is 13.1. The highest BCUT2D eigenvalue weighted by atomic mass is 15.1. The molecule has 0 aliphatic rings. The molecule has 0 amide bonds. The van der Waals surface area contributed by atoms with Crippen LogP contribution in [0, 0.1) is 0 Å². The Morgan fingerprint density at radius 3 is 2.70 bits per heavy atom. The van der Waals surface area contributed by atoms with Gasteiger partial charge in [-0.2, -0.15) is 0 Å². The van der Waals surface area contributed by atoms with Crippen LogP contribution in [0.2, 0.25) is 0 Å². The van der Waals surface area contributed by atoms with E-state index in [4.69, 9.17) is 0 Å².